The Kier molecular flexibility index (Phi) is 6.39. The molecule has 0 N–H and O–H groups in total. The molecule has 0 atom stereocenters. The summed E-state index contributed by atoms with van der Waals surface area (Å²) in [5.74, 6) is 3.55. The van der Waals surface area contributed by atoms with Gasteiger partial charge in [-0.15, -0.1) is 0 Å². The van der Waals surface area contributed by atoms with E-state index in [0.717, 1.165) is 18.8 Å². The predicted octanol–water partition coefficient (Wildman–Crippen LogP) is 4.22. The summed E-state index contributed by atoms with van der Waals surface area (Å²) in [6, 6.07) is 6.29. The molecule has 0 amide bonds. The van der Waals surface area contributed by atoms with E-state index in [2.05, 4.69) is 39.0 Å². The van der Waals surface area contributed by atoms with Gasteiger partial charge in [0.25, 0.3) is 0 Å². The number of thioether (sulfide) groups is 1. The standard InChI is InChI=1S/C14H22OS/c1-4-16-11-6-5-10-15-14-12(2)8-7-9-13(14)3/h7-9H,4-6,10-11H2,1-3H3. The number of aryl methyl sites for hydroxylation is 2. The molecule has 0 radical (unpaired) electrons. The van der Waals surface area contributed by atoms with Gasteiger partial charge in [0, 0.05) is 0 Å². The lowest BCUT2D eigenvalue weighted by atomic mass is 10.1. The monoisotopic (exact) mass is 238 g/mol. The minimum absolute atomic E-state index is 0.843. The SMILES string of the molecule is CCSCCCCOc1c(C)cccc1C. The average Bonchev–Trinajstić information content (AvgIpc) is 2.26. The number of rotatable bonds is 7. The van der Waals surface area contributed by atoms with Crippen LogP contribution in [0.5, 0.6) is 5.75 Å². The average molecular weight is 238 g/mol. The summed E-state index contributed by atoms with van der Waals surface area (Å²) in [6.45, 7) is 7.26. The van der Waals surface area contributed by atoms with Crippen LogP contribution in [-0.2, 0) is 0 Å². The van der Waals surface area contributed by atoms with E-state index in [9.17, 15) is 0 Å². The van der Waals surface area contributed by atoms with Gasteiger partial charge in [-0.05, 0) is 49.3 Å². The van der Waals surface area contributed by atoms with Gasteiger partial charge in [-0.1, -0.05) is 25.1 Å². The predicted molar refractivity (Wildman–Crippen MR) is 73.6 cm³/mol. The number of hydrogen-bond acceptors (Lipinski definition) is 2. The van der Waals surface area contributed by atoms with E-state index in [1.54, 1.807) is 0 Å². The van der Waals surface area contributed by atoms with Crippen molar-refractivity contribution < 1.29 is 4.74 Å². The van der Waals surface area contributed by atoms with Crippen LogP contribution < -0.4 is 4.74 Å². The molecule has 90 valence electrons. The fraction of sp³-hybridized carbons (Fsp3) is 0.571. The van der Waals surface area contributed by atoms with E-state index in [-0.39, 0.29) is 0 Å². The first-order chi connectivity index (χ1) is 7.75. The Labute approximate surface area is 104 Å². The molecule has 1 aromatic carbocycles. The van der Waals surface area contributed by atoms with Crippen molar-refractivity contribution in [3.8, 4) is 5.75 Å². The van der Waals surface area contributed by atoms with Gasteiger partial charge in [0.1, 0.15) is 5.75 Å². The van der Waals surface area contributed by atoms with Gasteiger partial charge in [0.2, 0.25) is 0 Å². The molecule has 0 unspecified atom stereocenters. The van der Waals surface area contributed by atoms with Crippen LogP contribution in [0.25, 0.3) is 0 Å². The lowest BCUT2D eigenvalue weighted by Crippen LogP contribution is -2.01. The van der Waals surface area contributed by atoms with Crippen LogP contribution in [0.3, 0.4) is 0 Å². The highest BCUT2D eigenvalue weighted by Crippen LogP contribution is 2.22. The first kappa shape index (κ1) is 13.4. The van der Waals surface area contributed by atoms with E-state index >= 15 is 0 Å². The maximum absolute atomic E-state index is 5.84. The third kappa shape index (κ3) is 4.48. The van der Waals surface area contributed by atoms with Crippen LogP contribution in [0.4, 0.5) is 0 Å². The van der Waals surface area contributed by atoms with Crippen LogP contribution in [-0.4, -0.2) is 18.1 Å². The molecule has 0 fully saturated rings. The van der Waals surface area contributed by atoms with Crippen molar-refractivity contribution in [2.75, 3.05) is 18.1 Å². The van der Waals surface area contributed by atoms with E-state index in [1.165, 1.54) is 29.1 Å². The van der Waals surface area contributed by atoms with E-state index in [1.807, 2.05) is 11.8 Å². The molecular formula is C14H22OS. The van der Waals surface area contributed by atoms with Crippen LogP contribution in [0.2, 0.25) is 0 Å². The highest BCUT2D eigenvalue weighted by molar-refractivity contribution is 7.99. The molecule has 1 aromatic rings. The van der Waals surface area contributed by atoms with Crippen molar-refractivity contribution >= 4 is 11.8 Å². The fourth-order valence-corrected chi connectivity index (χ4v) is 2.35. The second-order valence-corrected chi connectivity index (χ2v) is 5.37. The van der Waals surface area contributed by atoms with Crippen LogP contribution >= 0.6 is 11.8 Å². The summed E-state index contributed by atoms with van der Waals surface area (Å²) in [7, 11) is 0. The Morgan fingerprint density at radius 1 is 1.12 bits per heavy atom. The summed E-state index contributed by atoms with van der Waals surface area (Å²) in [4.78, 5) is 0. The van der Waals surface area contributed by atoms with Gasteiger partial charge in [0.15, 0.2) is 0 Å². The summed E-state index contributed by atoms with van der Waals surface area (Å²) < 4.78 is 5.84. The van der Waals surface area contributed by atoms with E-state index in [4.69, 9.17) is 4.74 Å². The Bertz CT molecular complexity index is 289. The third-order valence-corrected chi connectivity index (χ3v) is 3.53. The minimum atomic E-state index is 0.843. The Balaban J connectivity index is 2.26. The van der Waals surface area contributed by atoms with Gasteiger partial charge < -0.3 is 4.74 Å². The molecule has 1 rings (SSSR count). The molecule has 0 heterocycles. The molecule has 2 heteroatoms. The maximum atomic E-state index is 5.84. The molecule has 0 aliphatic carbocycles. The van der Waals surface area contributed by atoms with Crippen molar-refractivity contribution in [1.82, 2.24) is 0 Å². The summed E-state index contributed by atoms with van der Waals surface area (Å²) >= 11 is 2.01. The smallest absolute Gasteiger partial charge is 0.125 e. The number of ether oxygens (including phenoxy) is 1. The zero-order valence-electron chi connectivity index (χ0n) is 10.6. The van der Waals surface area contributed by atoms with Crippen molar-refractivity contribution in [3.63, 3.8) is 0 Å². The number of benzene rings is 1. The fourth-order valence-electron chi connectivity index (χ4n) is 1.65. The summed E-state index contributed by atoms with van der Waals surface area (Å²) in [5, 5.41) is 0. The Hall–Kier alpha value is -0.630. The molecule has 16 heavy (non-hydrogen) atoms. The van der Waals surface area contributed by atoms with Gasteiger partial charge in [0.05, 0.1) is 6.61 Å². The van der Waals surface area contributed by atoms with E-state index < -0.39 is 0 Å². The zero-order valence-corrected chi connectivity index (χ0v) is 11.4. The number of hydrogen-bond donors (Lipinski definition) is 0. The normalized spacial score (nSPS) is 10.4. The molecule has 0 spiro atoms. The van der Waals surface area contributed by atoms with Crippen molar-refractivity contribution in [2.24, 2.45) is 0 Å². The second kappa shape index (κ2) is 7.61. The molecule has 0 aliphatic rings. The Morgan fingerprint density at radius 3 is 2.44 bits per heavy atom. The first-order valence-corrected chi connectivity index (χ1v) is 7.18. The molecule has 0 saturated carbocycles. The van der Waals surface area contributed by atoms with Crippen LogP contribution in [0.1, 0.15) is 30.9 Å². The molecule has 0 bridgehead atoms. The van der Waals surface area contributed by atoms with Crippen molar-refractivity contribution in [2.45, 2.75) is 33.6 Å². The minimum Gasteiger partial charge on any atom is -0.493 e. The van der Waals surface area contributed by atoms with Crippen molar-refractivity contribution in [3.05, 3.63) is 29.3 Å². The van der Waals surface area contributed by atoms with Gasteiger partial charge in [-0.3, -0.25) is 0 Å². The summed E-state index contributed by atoms with van der Waals surface area (Å²) in [5.41, 5.74) is 2.48. The number of unbranched alkanes of at least 4 members (excludes halogenated alkanes) is 1. The van der Waals surface area contributed by atoms with Gasteiger partial charge >= 0.3 is 0 Å². The lowest BCUT2D eigenvalue weighted by molar-refractivity contribution is 0.306. The topological polar surface area (TPSA) is 9.23 Å². The van der Waals surface area contributed by atoms with Gasteiger partial charge in [-0.25, -0.2) is 0 Å². The van der Waals surface area contributed by atoms with Crippen LogP contribution in [0.15, 0.2) is 18.2 Å². The van der Waals surface area contributed by atoms with Gasteiger partial charge in [-0.2, -0.15) is 11.8 Å². The molecule has 0 aliphatic heterocycles. The first-order valence-electron chi connectivity index (χ1n) is 6.02. The number of para-hydroxylation sites is 1. The molecule has 0 saturated heterocycles. The van der Waals surface area contributed by atoms with E-state index in [0.29, 0.717) is 0 Å². The lowest BCUT2D eigenvalue weighted by Gasteiger charge is -2.11. The highest BCUT2D eigenvalue weighted by atomic mass is 32.2. The largest absolute Gasteiger partial charge is 0.493 e. The quantitative estimate of drug-likeness (QED) is 0.658. The van der Waals surface area contributed by atoms with Crippen LogP contribution in [0, 0.1) is 13.8 Å². The molecule has 1 nitrogen and oxygen atoms in total. The maximum Gasteiger partial charge on any atom is 0.125 e. The Morgan fingerprint density at radius 2 is 1.81 bits per heavy atom. The highest BCUT2D eigenvalue weighted by Gasteiger charge is 2.02. The molecular weight excluding hydrogens is 216 g/mol. The zero-order chi connectivity index (χ0) is 11.8. The second-order valence-electron chi connectivity index (χ2n) is 3.97. The molecule has 0 aromatic heterocycles. The summed E-state index contributed by atoms with van der Waals surface area (Å²) in [6.07, 6.45) is 2.41. The third-order valence-electron chi connectivity index (χ3n) is 2.54. The van der Waals surface area contributed by atoms with Crippen molar-refractivity contribution in [1.29, 1.82) is 0 Å².